The molecule has 2 nitrogen and oxygen atoms in total. The van der Waals surface area contributed by atoms with Crippen molar-refractivity contribution in [3.63, 3.8) is 0 Å². The molecule has 1 N–H and O–H groups in total. The Bertz CT molecular complexity index is 682. The summed E-state index contributed by atoms with van der Waals surface area (Å²) in [4.78, 5) is 11.6. The number of allylic oxidation sites excluding steroid dienone is 6. The van der Waals surface area contributed by atoms with Gasteiger partial charge in [-0.25, -0.2) is 0 Å². The van der Waals surface area contributed by atoms with Crippen LogP contribution in [0, 0.1) is 5.92 Å². The van der Waals surface area contributed by atoms with Gasteiger partial charge in [-0.2, -0.15) is 0 Å². The molecule has 0 saturated carbocycles. The van der Waals surface area contributed by atoms with Crippen LogP contribution in [-0.2, 0) is 6.42 Å². The predicted molar refractivity (Wildman–Crippen MR) is 104 cm³/mol. The average molecular weight is 324 g/mol. The zero-order valence-corrected chi connectivity index (χ0v) is 15.3. The molecule has 0 spiro atoms. The van der Waals surface area contributed by atoms with Gasteiger partial charge in [-0.1, -0.05) is 62.0 Å². The molecule has 24 heavy (non-hydrogen) atoms. The highest BCUT2D eigenvalue weighted by molar-refractivity contribution is 5.89. The molecule has 1 aromatic rings. The van der Waals surface area contributed by atoms with Gasteiger partial charge in [0.25, 0.3) is 0 Å². The predicted octanol–water partition coefficient (Wildman–Crippen LogP) is 5.97. The monoisotopic (exact) mass is 324 g/mol. The fourth-order valence-corrected chi connectivity index (χ4v) is 2.27. The molecular weight excluding hydrogens is 296 g/mol. The Morgan fingerprint density at radius 2 is 1.88 bits per heavy atom. The Morgan fingerprint density at radius 3 is 2.42 bits per heavy atom. The van der Waals surface area contributed by atoms with E-state index in [4.69, 9.17) is 0 Å². The third-order valence-electron chi connectivity index (χ3n) is 3.57. The smallest absolute Gasteiger partial charge is 0.154 e. The van der Waals surface area contributed by atoms with E-state index in [0.29, 0.717) is 17.0 Å². The second kappa shape index (κ2) is 9.71. The molecule has 0 unspecified atom stereocenters. The summed E-state index contributed by atoms with van der Waals surface area (Å²) in [6.45, 7) is 10.2. The fraction of sp³-hybridized carbons (Fsp3) is 0.318. The van der Waals surface area contributed by atoms with E-state index in [1.54, 1.807) is 0 Å². The number of rotatable bonds is 7. The molecule has 0 amide bonds. The van der Waals surface area contributed by atoms with E-state index in [0.717, 1.165) is 23.8 Å². The zero-order valence-electron chi connectivity index (χ0n) is 15.3. The molecule has 0 aliphatic heterocycles. The molecule has 0 bridgehead atoms. The summed E-state index contributed by atoms with van der Waals surface area (Å²) in [6.07, 6.45) is 15.1. The molecule has 0 fully saturated rings. The van der Waals surface area contributed by atoms with Crippen LogP contribution in [0.5, 0.6) is 5.75 Å². The summed E-state index contributed by atoms with van der Waals surface area (Å²) >= 11 is 0. The Morgan fingerprint density at radius 1 is 1.17 bits per heavy atom. The molecule has 1 aromatic carbocycles. The first kappa shape index (κ1) is 19.7. The van der Waals surface area contributed by atoms with Crippen LogP contribution in [0.4, 0.5) is 0 Å². The molecule has 0 aliphatic carbocycles. The SMILES string of the molecule is CC=CC=Cc1c(CC=C(C)C)cc(C=CC(C)C)c(O)c1C=O. The van der Waals surface area contributed by atoms with Crippen molar-refractivity contribution in [1.29, 1.82) is 0 Å². The molecule has 0 aromatic heterocycles. The maximum Gasteiger partial charge on any atom is 0.154 e. The highest BCUT2D eigenvalue weighted by Gasteiger charge is 2.14. The highest BCUT2D eigenvalue weighted by Crippen LogP contribution is 2.31. The lowest BCUT2D eigenvalue weighted by molar-refractivity contribution is 0.112. The number of carbonyl (C=O) groups is 1. The zero-order chi connectivity index (χ0) is 18.1. The number of aromatic hydroxyl groups is 1. The topological polar surface area (TPSA) is 37.3 Å². The molecule has 0 heterocycles. The Kier molecular flexibility index (Phi) is 7.97. The van der Waals surface area contributed by atoms with Crippen molar-refractivity contribution >= 4 is 18.4 Å². The molecule has 0 aliphatic rings. The minimum atomic E-state index is 0.0444. The third kappa shape index (κ3) is 5.69. The number of phenolic OH excluding ortho intramolecular Hbond substituents is 1. The van der Waals surface area contributed by atoms with Gasteiger partial charge in [-0.05, 0) is 50.3 Å². The van der Waals surface area contributed by atoms with Crippen LogP contribution >= 0.6 is 0 Å². The van der Waals surface area contributed by atoms with E-state index in [1.807, 2.05) is 49.4 Å². The van der Waals surface area contributed by atoms with Crippen LogP contribution in [0.15, 0.2) is 42.0 Å². The standard InChI is InChI=1S/C22H28O2/c1-6-7-8-9-20-18(12-10-16(2)3)14-19(13-11-17(4)5)22(24)21(20)15-23/h6-11,13-15,17,24H,12H2,1-5H3. The van der Waals surface area contributed by atoms with Gasteiger partial charge in [0.2, 0.25) is 0 Å². The quantitative estimate of drug-likeness (QED) is 0.381. The number of benzene rings is 1. The minimum Gasteiger partial charge on any atom is -0.507 e. The van der Waals surface area contributed by atoms with E-state index in [2.05, 4.69) is 33.8 Å². The number of hydrogen-bond acceptors (Lipinski definition) is 2. The summed E-state index contributed by atoms with van der Waals surface area (Å²) in [5.74, 6) is 0.419. The lowest BCUT2D eigenvalue weighted by atomic mass is 9.93. The van der Waals surface area contributed by atoms with Gasteiger partial charge in [0, 0.05) is 5.56 Å². The van der Waals surface area contributed by atoms with Crippen molar-refractivity contribution in [3.8, 4) is 5.75 Å². The summed E-state index contributed by atoms with van der Waals surface area (Å²) in [6, 6.07) is 1.97. The molecule has 0 saturated heterocycles. The number of phenols is 1. The van der Waals surface area contributed by atoms with Crippen LogP contribution in [-0.4, -0.2) is 11.4 Å². The van der Waals surface area contributed by atoms with Crippen molar-refractivity contribution < 1.29 is 9.90 Å². The Balaban J connectivity index is 3.55. The van der Waals surface area contributed by atoms with E-state index < -0.39 is 0 Å². The highest BCUT2D eigenvalue weighted by atomic mass is 16.3. The number of aldehydes is 1. The summed E-state index contributed by atoms with van der Waals surface area (Å²) in [5.41, 5.74) is 4.06. The number of hydrogen-bond donors (Lipinski definition) is 1. The third-order valence-corrected chi connectivity index (χ3v) is 3.57. The average Bonchev–Trinajstić information content (AvgIpc) is 2.53. The Hall–Kier alpha value is -2.35. The second-order valence-corrected chi connectivity index (χ2v) is 6.39. The van der Waals surface area contributed by atoms with Crippen molar-refractivity contribution in [2.75, 3.05) is 0 Å². The van der Waals surface area contributed by atoms with Gasteiger partial charge in [-0.3, -0.25) is 4.79 Å². The van der Waals surface area contributed by atoms with Gasteiger partial charge in [0.1, 0.15) is 5.75 Å². The van der Waals surface area contributed by atoms with Crippen LogP contribution in [0.3, 0.4) is 0 Å². The largest absolute Gasteiger partial charge is 0.507 e. The van der Waals surface area contributed by atoms with Crippen LogP contribution < -0.4 is 0 Å². The van der Waals surface area contributed by atoms with Gasteiger partial charge < -0.3 is 5.11 Å². The lowest BCUT2D eigenvalue weighted by Crippen LogP contribution is -1.98. The van der Waals surface area contributed by atoms with Gasteiger partial charge >= 0.3 is 0 Å². The van der Waals surface area contributed by atoms with Crippen molar-refractivity contribution in [2.45, 2.75) is 41.0 Å². The molecule has 1 rings (SSSR count). The maximum absolute atomic E-state index is 11.6. The second-order valence-electron chi connectivity index (χ2n) is 6.39. The lowest BCUT2D eigenvalue weighted by Gasteiger charge is -2.13. The van der Waals surface area contributed by atoms with E-state index in [9.17, 15) is 9.90 Å². The summed E-state index contributed by atoms with van der Waals surface area (Å²) in [7, 11) is 0. The van der Waals surface area contributed by atoms with Crippen molar-refractivity contribution in [2.24, 2.45) is 5.92 Å². The molecule has 128 valence electrons. The molecule has 0 atom stereocenters. The van der Waals surface area contributed by atoms with Crippen LogP contribution in [0.25, 0.3) is 12.2 Å². The van der Waals surface area contributed by atoms with E-state index in [-0.39, 0.29) is 5.75 Å². The minimum absolute atomic E-state index is 0.0444. The first-order valence-electron chi connectivity index (χ1n) is 8.35. The molecule has 2 heteroatoms. The first-order valence-corrected chi connectivity index (χ1v) is 8.35. The van der Waals surface area contributed by atoms with Crippen LogP contribution in [0.2, 0.25) is 0 Å². The first-order chi connectivity index (χ1) is 11.4. The van der Waals surface area contributed by atoms with Crippen molar-refractivity contribution in [1.82, 2.24) is 0 Å². The van der Waals surface area contributed by atoms with Gasteiger partial charge in [0.05, 0.1) is 5.56 Å². The maximum atomic E-state index is 11.6. The van der Waals surface area contributed by atoms with Crippen LogP contribution in [0.1, 0.15) is 61.7 Å². The summed E-state index contributed by atoms with van der Waals surface area (Å²) in [5, 5.41) is 10.5. The summed E-state index contributed by atoms with van der Waals surface area (Å²) < 4.78 is 0. The molecule has 0 radical (unpaired) electrons. The number of carbonyl (C=O) groups excluding carboxylic acids is 1. The van der Waals surface area contributed by atoms with E-state index >= 15 is 0 Å². The van der Waals surface area contributed by atoms with Gasteiger partial charge in [0.15, 0.2) is 6.29 Å². The van der Waals surface area contributed by atoms with E-state index in [1.165, 1.54) is 5.57 Å². The van der Waals surface area contributed by atoms with Gasteiger partial charge in [-0.15, -0.1) is 0 Å². The van der Waals surface area contributed by atoms with Crippen molar-refractivity contribution in [3.05, 3.63) is 64.3 Å². The normalized spacial score (nSPS) is 11.9. The molecular formula is C22H28O2. The Labute approximate surface area is 145 Å². The fourth-order valence-electron chi connectivity index (χ4n) is 2.27.